The van der Waals surface area contributed by atoms with Gasteiger partial charge < -0.3 is 5.32 Å². The molecule has 21 heavy (non-hydrogen) atoms. The standard InChI is InChI=1S/C17H19ClN2O/c1-17(2,3)15(12-7-5-4-6-8-12)20-16(21)13-9-10-19-11-14(13)18/h4-11,15H,1-3H3,(H,20,21)/t15-/m1/s1. The van der Waals surface area contributed by atoms with E-state index < -0.39 is 0 Å². The van der Waals surface area contributed by atoms with Gasteiger partial charge >= 0.3 is 0 Å². The van der Waals surface area contributed by atoms with Crippen LogP contribution in [0.2, 0.25) is 5.02 Å². The maximum Gasteiger partial charge on any atom is 0.253 e. The Bertz CT molecular complexity index is 620. The van der Waals surface area contributed by atoms with Gasteiger partial charge in [-0.3, -0.25) is 9.78 Å². The molecular formula is C17H19ClN2O. The molecule has 0 bridgehead atoms. The summed E-state index contributed by atoms with van der Waals surface area (Å²) in [7, 11) is 0. The van der Waals surface area contributed by atoms with Gasteiger partial charge in [-0.05, 0) is 17.0 Å². The fourth-order valence-corrected chi connectivity index (χ4v) is 2.42. The Morgan fingerprint density at radius 1 is 1.19 bits per heavy atom. The van der Waals surface area contributed by atoms with Crippen LogP contribution in [0.5, 0.6) is 0 Å². The van der Waals surface area contributed by atoms with Crippen molar-refractivity contribution >= 4 is 17.5 Å². The number of nitrogens with one attached hydrogen (secondary N) is 1. The molecule has 0 aliphatic heterocycles. The highest BCUT2D eigenvalue weighted by molar-refractivity contribution is 6.33. The maximum atomic E-state index is 12.5. The minimum Gasteiger partial charge on any atom is -0.345 e. The van der Waals surface area contributed by atoms with Gasteiger partial charge in [0.2, 0.25) is 0 Å². The zero-order valence-electron chi connectivity index (χ0n) is 12.4. The van der Waals surface area contributed by atoms with Crippen LogP contribution < -0.4 is 5.32 Å². The van der Waals surface area contributed by atoms with Crippen molar-refractivity contribution in [2.75, 3.05) is 0 Å². The van der Waals surface area contributed by atoms with Crippen LogP contribution in [0.3, 0.4) is 0 Å². The van der Waals surface area contributed by atoms with Gasteiger partial charge in [0.15, 0.2) is 0 Å². The van der Waals surface area contributed by atoms with E-state index in [0.717, 1.165) is 5.56 Å². The zero-order valence-corrected chi connectivity index (χ0v) is 13.2. The minimum atomic E-state index is -0.189. The van der Waals surface area contributed by atoms with Crippen molar-refractivity contribution in [2.24, 2.45) is 5.41 Å². The van der Waals surface area contributed by atoms with Gasteiger partial charge in [0, 0.05) is 12.4 Å². The van der Waals surface area contributed by atoms with Crippen molar-refractivity contribution in [1.82, 2.24) is 10.3 Å². The number of aromatic nitrogens is 1. The third-order valence-corrected chi connectivity index (χ3v) is 3.59. The van der Waals surface area contributed by atoms with Gasteiger partial charge in [-0.2, -0.15) is 0 Å². The summed E-state index contributed by atoms with van der Waals surface area (Å²) in [6.07, 6.45) is 3.04. The first kappa shape index (κ1) is 15.5. The van der Waals surface area contributed by atoms with Crippen molar-refractivity contribution in [1.29, 1.82) is 0 Å². The first-order valence-electron chi connectivity index (χ1n) is 6.85. The Kier molecular flexibility index (Phi) is 4.63. The molecule has 0 radical (unpaired) electrons. The lowest BCUT2D eigenvalue weighted by Crippen LogP contribution is -2.36. The van der Waals surface area contributed by atoms with Crippen molar-refractivity contribution in [3.63, 3.8) is 0 Å². The minimum absolute atomic E-state index is 0.101. The second-order valence-corrected chi connectivity index (χ2v) is 6.45. The number of nitrogens with zero attached hydrogens (tertiary/aromatic N) is 1. The van der Waals surface area contributed by atoms with Gasteiger partial charge in [0.25, 0.3) is 5.91 Å². The molecule has 1 N–H and O–H groups in total. The topological polar surface area (TPSA) is 42.0 Å². The molecule has 4 heteroatoms. The largest absolute Gasteiger partial charge is 0.345 e. The molecule has 0 unspecified atom stereocenters. The molecule has 1 aromatic carbocycles. The number of hydrogen-bond donors (Lipinski definition) is 1. The number of pyridine rings is 1. The fourth-order valence-electron chi connectivity index (χ4n) is 2.21. The van der Waals surface area contributed by atoms with Crippen LogP contribution in [0.15, 0.2) is 48.8 Å². The quantitative estimate of drug-likeness (QED) is 0.921. The molecule has 1 amide bonds. The second kappa shape index (κ2) is 6.27. The van der Waals surface area contributed by atoms with Gasteiger partial charge in [0.1, 0.15) is 0 Å². The molecule has 1 atom stereocenters. The van der Waals surface area contributed by atoms with Gasteiger partial charge in [0.05, 0.1) is 16.6 Å². The summed E-state index contributed by atoms with van der Waals surface area (Å²) in [4.78, 5) is 16.4. The maximum absolute atomic E-state index is 12.5. The Morgan fingerprint density at radius 3 is 2.43 bits per heavy atom. The molecule has 0 saturated heterocycles. The van der Waals surface area contributed by atoms with Crippen LogP contribution in [0.4, 0.5) is 0 Å². The molecule has 0 aliphatic carbocycles. The smallest absolute Gasteiger partial charge is 0.253 e. The van der Waals surface area contributed by atoms with Crippen LogP contribution in [0.25, 0.3) is 0 Å². The number of rotatable bonds is 3. The van der Waals surface area contributed by atoms with E-state index in [4.69, 9.17) is 11.6 Å². The van der Waals surface area contributed by atoms with E-state index in [2.05, 4.69) is 31.1 Å². The van der Waals surface area contributed by atoms with Crippen LogP contribution in [0.1, 0.15) is 42.7 Å². The lowest BCUT2D eigenvalue weighted by molar-refractivity contribution is 0.0902. The van der Waals surface area contributed by atoms with Crippen molar-refractivity contribution in [3.05, 3.63) is 64.9 Å². The Morgan fingerprint density at radius 2 is 1.86 bits per heavy atom. The predicted molar refractivity (Wildman–Crippen MR) is 85.4 cm³/mol. The Balaban J connectivity index is 2.29. The van der Waals surface area contributed by atoms with Crippen LogP contribution in [0, 0.1) is 5.41 Å². The van der Waals surface area contributed by atoms with E-state index in [9.17, 15) is 4.79 Å². The molecule has 0 spiro atoms. The lowest BCUT2D eigenvalue weighted by atomic mass is 9.82. The molecule has 0 saturated carbocycles. The lowest BCUT2D eigenvalue weighted by Gasteiger charge is -2.32. The number of hydrogen-bond acceptors (Lipinski definition) is 2. The van der Waals surface area contributed by atoms with Crippen molar-refractivity contribution in [2.45, 2.75) is 26.8 Å². The van der Waals surface area contributed by atoms with Gasteiger partial charge in [-0.1, -0.05) is 62.7 Å². The average molecular weight is 303 g/mol. The summed E-state index contributed by atoms with van der Waals surface area (Å²) >= 11 is 6.04. The number of halogens is 1. The number of amides is 1. The first-order chi connectivity index (χ1) is 9.89. The van der Waals surface area contributed by atoms with Crippen molar-refractivity contribution in [3.8, 4) is 0 Å². The molecule has 1 aromatic heterocycles. The van der Waals surface area contributed by atoms with E-state index in [1.807, 2.05) is 30.3 Å². The van der Waals surface area contributed by atoms with Gasteiger partial charge in [-0.15, -0.1) is 0 Å². The normalized spacial score (nSPS) is 12.8. The molecule has 110 valence electrons. The third-order valence-electron chi connectivity index (χ3n) is 3.29. The van der Waals surface area contributed by atoms with E-state index in [1.165, 1.54) is 6.20 Å². The SMILES string of the molecule is CC(C)(C)[C@H](NC(=O)c1ccncc1Cl)c1ccccc1. The molecule has 1 heterocycles. The molecule has 2 aromatic rings. The summed E-state index contributed by atoms with van der Waals surface area (Å²) in [6, 6.07) is 11.5. The Hall–Kier alpha value is -1.87. The first-order valence-corrected chi connectivity index (χ1v) is 7.22. The van der Waals surface area contributed by atoms with Gasteiger partial charge in [-0.25, -0.2) is 0 Å². The predicted octanol–water partition coefficient (Wildman–Crippen LogP) is 4.25. The van der Waals surface area contributed by atoms with E-state index in [1.54, 1.807) is 12.3 Å². The highest BCUT2D eigenvalue weighted by Crippen LogP contribution is 2.33. The average Bonchev–Trinajstić information content (AvgIpc) is 2.44. The molecule has 2 rings (SSSR count). The van der Waals surface area contributed by atoms with E-state index in [0.29, 0.717) is 10.6 Å². The number of carbonyl (C=O) groups is 1. The molecule has 3 nitrogen and oxygen atoms in total. The summed E-state index contributed by atoms with van der Waals surface area (Å²) in [5.41, 5.74) is 1.40. The zero-order chi connectivity index (χ0) is 15.5. The molecule has 0 aliphatic rings. The molecular weight excluding hydrogens is 284 g/mol. The number of carbonyl (C=O) groups excluding carboxylic acids is 1. The van der Waals surface area contributed by atoms with Crippen molar-refractivity contribution < 1.29 is 4.79 Å². The van der Waals surface area contributed by atoms with E-state index >= 15 is 0 Å². The fraction of sp³-hybridized carbons (Fsp3) is 0.294. The van der Waals surface area contributed by atoms with Crippen LogP contribution in [-0.4, -0.2) is 10.9 Å². The third kappa shape index (κ3) is 3.82. The highest BCUT2D eigenvalue weighted by Gasteiger charge is 2.28. The summed E-state index contributed by atoms with van der Waals surface area (Å²) < 4.78 is 0. The van der Waals surface area contributed by atoms with E-state index in [-0.39, 0.29) is 17.4 Å². The summed E-state index contributed by atoms with van der Waals surface area (Å²) in [5, 5.41) is 3.44. The second-order valence-electron chi connectivity index (χ2n) is 6.04. The molecule has 0 fully saturated rings. The Labute approximate surface area is 130 Å². The monoisotopic (exact) mass is 302 g/mol. The van der Waals surface area contributed by atoms with Crippen LogP contribution in [-0.2, 0) is 0 Å². The highest BCUT2D eigenvalue weighted by atomic mass is 35.5. The number of benzene rings is 1. The summed E-state index contributed by atoms with van der Waals surface area (Å²) in [5.74, 6) is -0.189. The van der Waals surface area contributed by atoms with Crippen LogP contribution >= 0.6 is 11.6 Å². The summed E-state index contributed by atoms with van der Waals surface area (Å²) in [6.45, 7) is 6.29.